The SMILES string of the molecule is C=CC(=O)OC12CCCCC1CCC2. The summed E-state index contributed by atoms with van der Waals surface area (Å²) in [6.45, 7) is 3.46. The van der Waals surface area contributed by atoms with Crippen molar-refractivity contribution in [2.24, 2.45) is 5.92 Å². The minimum Gasteiger partial charge on any atom is -0.456 e. The lowest BCUT2D eigenvalue weighted by Crippen LogP contribution is -2.40. The zero-order chi connectivity index (χ0) is 10.0. The first-order chi connectivity index (χ1) is 6.77. The van der Waals surface area contributed by atoms with Crippen molar-refractivity contribution in [2.75, 3.05) is 0 Å². The van der Waals surface area contributed by atoms with Gasteiger partial charge in [-0.2, -0.15) is 0 Å². The molecular weight excluding hydrogens is 176 g/mol. The predicted molar refractivity (Wildman–Crippen MR) is 54.8 cm³/mol. The van der Waals surface area contributed by atoms with Gasteiger partial charge in [-0.1, -0.05) is 13.0 Å². The van der Waals surface area contributed by atoms with Gasteiger partial charge in [0, 0.05) is 6.08 Å². The average Bonchev–Trinajstić information content (AvgIpc) is 2.60. The summed E-state index contributed by atoms with van der Waals surface area (Å²) in [5, 5.41) is 0. The lowest BCUT2D eigenvalue weighted by Gasteiger charge is -2.38. The van der Waals surface area contributed by atoms with E-state index in [0.717, 1.165) is 12.8 Å². The Bertz CT molecular complexity index is 247. The maximum atomic E-state index is 11.3. The van der Waals surface area contributed by atoms with E-state index in [4.69, 9.17) is 4.74 Å². The molecule has 2 rings (SSSR count). The number of ether oxygens (including phenoxy) is 1. The van der Waals surface area contributed by atoms with Gasteiger partial charge in [0.2, 0.25) is 0 Å². The van der Waals surface area contributed by atoms with Crippen LogP contribution in [0, 0.1) is 5.92 Å². The first-order valence-electron chi connectivity index (χ1n) is 5.62. The van der Waals surface area contributed by atoms with Crippen LogP contribution in [-0.4, -0.2) is 11.6 Å². The second-order valence-electron chi connectivity index (χ2n) is 4.52. The maximum Gasteiger partial charge on any atom is 0.330 e. The highest BCUT2D eigenvalue weighted by molar-refractivity contribution is 5.81. The zero-order valence-corrected chi connectivity index (χ0v) is 8.63. The average molecular weight is 194 g/mol. The summed E-state index contributed by atoms with van der Waals surface area (Å²) in [6.07, 6.45) is 9.64. The highest BCUT2D eigenvalue weighted by Gasteiger charge is 2.46. The standard InChI is InChI=1S/C12H18O2/c1-2-11(13)14-12-8-4-3-6-10(12)7-5-9-12/h2,10H,1,3-9H2. The van der Waals surface area contributed by atoms with E-state index in [-0.39, 0.29) is 11.6 Å². The molecule has 2 atom stereocenters. The van der Waals surface area contributed by atoms with Crippen LogP contribution in [0.1, 0.15) is 44.9 Å². The molecule has 0 bridgehead atoms. The molecule has 2 heteroatoms. The van der Waals surface area contributed by atoms with E-state index in [0.29, 0.717) is 5.92 Å². The Kier molecular flexibility index (Phi) is 2.62. The van der Waals surface area contributed by atoms with Gasteiger partial charge in [-0.25, -0.2) is 4.79 Å². The van der Waals surface area contributed by atoms with Crippen LogP contribution in [-0.2, 0) is 9.53 Å². The molecule has 0 aromatic heterocycles. The summed E-state index contributed by atoms with van der Waals surface area (Å²) in [5.41, 5.74) is -0.108. The third-order valence-electron chi connectivity index (χ3n) is 3.77. The molecule has 2 fully saturated rings. The largest absolute Gasteiger partial charge is 0.456 e. The number of rotatable bonds is 2. The topological polar surface area (TPSA) is 26.3 Å². The van der Waals surface area contributed by atoms with E-state index in [2.05, 4.69) is 6.58 Å². The Labute approximate surface area is 85.3 Å². The number of hydrogen-bond donors (Lipinski definition) is 0. The number of carbonyl (C=O) groups excluding carboxylic acids is 1. The molecule has 0 aromatic carbocycles. The van der Waals surface area contributed by atoms with Gasteiger partial charge in [0.05, 0.1) is 0 Å². The molecule has 0 N–H and O–H groups in total. The predicted octanol–water partition coefficient (Wildman–Crippen LogP) is 2.83. The van der Waals surface area contributed by atoms with E-state index in [9.17, 15) is 4.79 Å². The fourth-order valence-corrected chi connectivity index (χ4v) is 3.09. The highest BCUT2D eigenvalue weighted by Crippen LogP contribution is 2.48. The number of hydrogen-bond acceptors (Lipinski definition) is 2. The van der Waals surface area contributed by atoms with E-state index in [1.54, 1.807) is 0 Å². The molecule has 2 unspecified atom stereocenters. The molecule has 14 heavy (non-hydrogen) atoms. The molecule has 2 aliphatic rings. The summed E-state index contributed by atoms with van der Waals surface area (Å²) in [4.78, 5) is 11.3. The third kappa shape index (κ3) is 1.58. The van der Waals surface area contributed by atoms with Gasteiger partial charge in [0.1, 0.15) is 5.60 Å². The van der Waals surface area contributed by atoms with Crippen LogP contribution in [0.4, 0.5) is 0 Å². The Hall–Kier alpha value is -0.790. The zero-order valence-electron chi connectivity index (χ0n) is 8.63. The summed E-state index contributed by atoms with van der Waals surface area (Å²) in [7, 11) is 0. The minimum absolute atomic E-state index is 0.108. The van der Waals surface area contributed by atoms with Crippen molar-refractivity contribution in [3.8, 4) is 0 Å². The van der Waals surface area contributed by atoms with Crippen LogP contribution in [0.5, 0.6) is 0 Å². The van der Waals surface area contributed by atoms with Crippen molar-refractivity contribution in [3.63, 3.8) is 0 Å². The van der Waals surface area contributed by atoms with Crippen LogP contribution >= 0.6 is 0 Å². The molecule has 0 radical (unpaired) electrons. The van der Waals surface area contributed by atoms with Gasteiger partial charge < -0.3 is 4.74 Å². The van der Waals surface area contributed by atoms with Crippen LogP contribution in [0.15, 0.2) is 12.7 Å². The summed E-state index contributed by atoms with van der Waals surface area (Å²) >= 11 is 0. The van der Waals surface area contributed by atoms with Crippen molar-refractivity contribution in [1.29, 1.82) is 0 Å². The molecule has 0 aliphatic heterocycles. The van der Waals surface area contributed by atoms with Gasteiger partial charge in [0.15, 0.2) is 0 Å². The third-order valence-corrected chi connectivity index (χ3v) is 3.77. The Morgan fingerprint density at radius 1 is 1.29 bits per heavy atom. The normalized spacial score (nSPS) is 36.1. The molecule has 0 aromatic rings. The van der Waals surface area contributed by atoms with Gasteiger partial charge in [-0.15, -0.1) is 0 Å². The fraction of sp³-hybridized carbons (Fsp3) is 0.750. The molecule has 2 saturated carbocycles. The van der Waals surface area contributed by atoms with Crippen molar-refractivity contribution >= 4 is 5.97 Å². The van der Waals surface area contributed by atoms with Gasteiger partial charge in [-0.05, 0) is 44.4 Å². The van der Waals surface area contributed by atoms with Crippen molar-refractivity contribution in [1.82, 2.24) is 0 Å². The molecule has 0 saturated heterocycles. The second-order valence-corrected chi connectivity index (χ2v) is 4.52. The number of carbonyl (C=O) groups is 1. The molecule has 0 amide bonds. The van der Waals surface area contributed by atoms with Gasteiger partial charge in [0.25, 0.3) is 0 Å². The lowest BCUT2D eigenvalue weighted by molar-refractivity contribution is -0.161. The maximum absolute atomic E-state index is 11.3. The summed E-state index contributed by atoms with van der Waals surface area (Å²) < 4.78 is 5.60. The summed E-state index contributed by atoms with van der Waals surface area (Å²) in [6, 6.07) is 0. The van der Waals surface area contributed by atoms with Crippen LogP contribution in [0.3, 0.4) is 0 Å². The first kappa shape index (κ1) is 9.75. The lowest BCUT2D eigenvalue weighted by atomic mass is 9.77. The Balaban J connectivity index is 2.09. The molecule has 0 spiro atoms. The molecule has 2 aliphatic carbocycles. The first-order valence-corrected chi connectivity index (χ1v) is 5.62. The highest BCUT2D eigenvalue weighted by atomic mass is 16.6. The molecule has 78 valence electrons. The van der Waals surface area contributed by atoms with Crippen LogP contribution in [0.2, 0.25) is 0 Å². The van der Waals surface area contributed by atoms with E-state index in [1.807, 2.05) is 0 Å². The Morgan fingerprint density at radius 3 is 2.79 bits per heavy atom. The molecular formula is C12H18O2. The van der Waals surface area contributed by atoms with Crippen molar-refractivity contribution < 1.29 is 9.53 Å². The minimum atomic E-state index is -0.237. The Morgan fingerprint density at radius 2 is 2.00 bits per heavy atom. The van der Waals surface area contributed by atoms with Crippen LogP contribution in [0.25, 0.3) is 0 Å². The monoisotopic (exact) mass is 194 g/mol. The van der Waals surface area contributed by atoms with Gasteiger partial charge >= 0.3 is 5.97 Å². The fourth-order valence-electron chi connectivity index (χ4n) is 3.09. The molecule has 0 heterocycles. The summed E-state index contributed by atoms with van der Waals surface area (Å²) in [5.74, 6) is 0.388. The molecule has 2 nitrogen and oxygen atoms in total. The quantitative estimate of drug-likeness (QED) is 0.499. The van der Waals surface area contributed by atoms with E-state index in [1.165, 1.54) is 38.2 Å². The van der Waals surface area contributed by atoms with Crippen LogP contribution < -0.4 is 0 Å². The smallest absolute Gasteiger partial charge is 0.330 e. The van der Waals surface area contributed by atoms with Crippen molar-refractivity contribution in [2.45, 2.75) is 50.5 Å². The second kappa shape index (κ2) is 3.76. The van der Waals surface area contributed by atoms with Crippen molar-refractivity contribution in [3.05, 3.63) is 12.7 Å². The van der Waals surface area contributed by atoms with Gasteiger partial charge in [-0.3, -0.25) is 0 Å². The van der Waals surface area contributed by atoms with E-state index < -0.39 is 0 Å². The van der Waals surface area contributed by atoms with E-state index >= 15 is 0 Å². The number of fused-ring (bicyclic) bond motifs is 1. The number of esters is 1.